The first-order valence-corrected chi connectivity index (χ1v) is 8.09. The van der Waals surface area contributed by atoms with Crippen molar-refractivity contribution in [3.05, 3.63) is 50.4 Å². The number of aromatic carboxylic acids is 1. The monoisotopic (exact) mass is 319 g/mol. The third-order valence-electron chi connectivity index (χ3n) is 3.29. The normalized spacial score (nSPS) is 11.4. The van der Waals surface area contributed by atoms with Crippen LogP contribution < -0.4 is 4.87 Å². The van der Waals surface area contributed by atoms with E-state index in [1.54, 1.807) is 10.6 Å². The highest BCUT2D eigenvalue weighted by Crippen LogP contribution is 2.30. The van der Waals surface area contributed by atoms with E-state index in [9.17, 15) is 9.59 Å². The van der Waals surface area contributed by atoms with Crippen LogP contribution in [0.5, 0.6) is 0 Å². The molecule has 3 aromatic rings. The second-order valence-corrected chi connectivity index (χ2v) is 7.06. The Morgan fingerprint density at radius 1 is 1.19 bits per heavy atom. The molecule has 4 nitrogen and oxygen atoms in total. The quantitative estimate of drug-likeness (QED) is 0.795. The Morgan fingerprint density at radius 3 is 2.43 bits per heavy atom. The minimum absolute atomic E-state index is 0.0921. The molecule has 0 unspecified atom stereocenters. The largest absolute Gasteiger partial charge is 0.477 e. The molecule has 0 bridgehead atoms. The lowest BCUT2D eigenvalue weighted by Crippen LogP contribution is -2.09. The average Bonchev–Trinajstić information content (AvgIpc) is 2.95. The number of rotatable bonds is 3. The van der Waals surface area contributed by atoms with Crippen molar-refractivity contribution in [2.75, 3.05) is 0 Å². The molecule has 0 saturated carbocycles. The lowest BCUT2D eigenvalue weighted by atomic mass is 10.0. The molecule has 108 valence electrons. The lowest BCUT2D eigenvalue weighted by Gasteiger charge is -2.07. The summed E-state index contributed by atoms with van der Waals surface area (Å²) in [5.41, 5.74) is 1.98. The second-order valence-electron chi connectivity index (χ2n) is 5.03. The first kappa shape index (κ1) is 14.0. The molecule has 6 heteroatoms. The molecule has 0 radical (unpaired) electrons. The number of thiazole rings is 1. The zero-order valence-electron chi connectivity index (χ0n) is 11.5. The third-order valence-corrected chi connectivity index (χ3v) is 5.42. The smallest absolute Gasteiger partial charge is 0.345 e. The zero-order valence-corrected chi connectivity index (χ0v) is 13.1. The van der Waals surface area contributed by atoms with Crippen molar-refractivity contribution in [1.82, 2.24) is 4.57 Å². The summed E-state index contributed by atoms with van der Waals surface area (Å²) >= 11 is 2.21. The SMILES string of the molecule is CC(C)c1ccc(-n2c(=O)sc3cc(C(=O)O)sc32)cc1. The predicted molar refractivity (Wildman–Crippen MR) is 86.3 cm³/mol. The molecule has 1 aromatic carbocycles. The van der Waals surface area contributed by atoms with Crippen LogP contribution in [-0.2, 0) is 0 Å². The van der Waals surface area contributed by atoms with Crippen molar-refractivity contribution < 1.29 is 9.90 Å². The van der Waals surface area contributed by atoms with Crippen molar-refractivity contribution in [1.29, 1.82) is 0 Å². The van der Waals surface area contributed by atoms with Crippen LogP contribution in [-0.4, -0.2) is 15.6 Å². The Hall–Kier alpha value is -1.92. The molecule has 0 aliphatic rings. The topological polar surface area (TPSA) is 59.3 Å². The average molecular weight is 319 g/mol. The van der Waals surface area contributed by atoms with E-state index in [0.717, 1.165) is 33.1 Å². The minimum atomic E-state index is -0.961. The standard InChI is InChI=1S/C15H13NO3S2/c1-8(2)9-3-5-10(6-4-9)16-13-11(21-15(16)19)7-12(20-13)14(17)18/h3-8H,1-2H3,(H,17,18). The highest BCUT2D eigenvalue weighted by atomic mass is 32.1. The molecule has 1 N–H and O–H groups in total. The maximum Gasteiger partial charge on any atom is 0.345 e. The Bertz CT molecular complexity index is 869. The number of hydrogen-bond donors (Lipinski definition) is 1. The number of carboxylic acids is 1. The van der Waals surface area contributed by atoms with Crippen LogP contribution in [0.2, 0.25) is 0 Å². The van der Waals surface area contributed by atoms with Crippen molar-refractivity contribution in [3.8, 4) is 5.69 Å². The van der Waals surface area contributed by atoms with Gasteiger partial charge >= 0.3 is 10.8 Å². The number of nitrogens with zero attached hydrogens (tertiary/aromatic N) is 1. The van der Waals surface area contributed by atoms with Crippen molar-refractivity contribution in [2.45, 2.75) is 19.8 Å². The fourth-order valence-corrected chi connectivity index (χ4v) is 4.28. The Morgan fingerprint density at radius 2 is 1.86 bits per heavy atom. The van der Waals surface area contributed by atoms with E-state index in [2.05, 4.69) is 13.8 Å². The number of hydrogen-bond acceptors (Lipinski definition) is 4. The number of thiophene rings is 1. The van der Waals surface area contributed by atoms with Gasteiger partial charge in [0.05, 0.1) is 10.4 Å². The summed E-state index contributed by atoms with van der Waals surface area (Å²) in [7, 11) is 0. The van der Waals surface area contributed by atoms with Gasteiger partial charge in [0.2, 0.25) is 0 Å². The van der Waals surface area contributed by atoms with Gasteiger partial charge in [0, 0.05) is 0 Å². The summed E-state index contributed by atoms with van der Waals surface area (Å²) in [6, 6.07) is 9.38. The third kappa shape index (κ3) is 2.41. The maximum atomic E-state index is 12.1. The molecule has 3 rings (SSSR count). The minimum Gasteiger partial charge on any atom is -0.477 e. The Kier molecular flexibility index (Phi) is 3.43. The summed E-state index contributed by atoms with van der Waals surface area (Å²) in [6.07, 6.45) is 0. The molecular weight excluding hydrogens is 306 g/mol. The van der Waals surface area contributed by atoms with Gasteiger partial charge in [-0.05, 0) is 29.7 Å². The number of aromatic nitrogens is 1. The van der Waals surface area contributed by atoms with Crippen LogP contribution in [0, 0.1) is 0 Å². The van der Waals surface area contributed by atoms with Crippen LogP contribution in [0.3, 0.4) is 0 Å². The van der Waals surface area contributed by atoms with Gasteiger partial charge in [-0.3, -0.25) is 9.36 Å². The van der Waals surface area contributed by atoms with Gasteiger partial charge in [-0.25, -0.2) is 4.79 Å². The summed E-state index contributed by atoms with van der Waals surface area (Å²) in [5, 5.41) is 9.06. The molecule has 0 aliphatic carbocycles. The molecule has 0 fully saturated rings. The zero-order chi connectivity index (χ0) is 15.1. The van der Waals surface area contributed by atoms with Crippen LogP contribution in [0.15, 0.2) is 35.1 Å². The Balaban J connectivity index is 2.16. The molecule has 2 aromatic heterocycles. The van der Waals surface area contributed by atoms with Gasteiger partial charge < -0.3 is 5.11 Å². The van der Waals surface area contributed by atoms with Crippen LogP contribution >= 0.6 is 22.7 Å². The van der Waals surface area contributed by atoms with E-state index in [1.165, 1.54) is 5.56 Å². The van der Waals surface area contributed by atoms with Crippen LogP contribution in [0.25, 0.3) is 15.2 Å². The van der Waals surface area contributed by atoms with Crippen molar-refractivity contribution in [3.63, 3.8) is 0 Å². The van der Waals surface area contributed by atoms with E-state index in [1.807, 2.05) is 24.3 Å². The summed E-state index contributed by atoms with van der Waals surface area (Å²) in [5.74, 6) is -0.531. The summed E-state index contributed by atoms with van der Waals surface area (Å²) < 4.78 is 2.30. The number of fused-ring (bicyclic) bond motifs is 1. The summed E-state index contributed by atoms with van der Waals surface area (Å²) in [4.78, 5) is 24.0. The first-order chi connectivity index (χ1) is 9.97. The summed E-state index contributed by atoms with van der Waals surface area (Å²) in [6.45, 7) is 4.23. The molecule has 0 saturated heterocycles. The molecule has 21 heavy (non-hydrogen) atoms. The van der Waals surface area contributed by atoms with Gasteiger partial charge in [0.1, 0.15) is 9.71 Å². The highest BCUT2D eigenvalue weighted by Gasteiger charge is 2.16. The van der Waals surface area contributed by atoms with E-state index >= 15 is 0 Å². The molecule has 0 spiro atoms. The van der Waals surface area contributed by atoms with Gasteiger partial charge in [-0.2, -0.15) is 0 Å². The van der Waals surface area contributed by atoms with E-state index < -0.39 is 5.97 Å². The van der Waals surface area contributed by atoms with E-state index in [0.29, 0.717) is 10.7 Å². The van der Waals surface area contributed by atoms with E-state index in [-0.39, 0.29) is 9.75 Å². The molecule has 0 atom stereocenters. The van der Waals surface area contributed by atoms with Crippen LogP contribution in [0.4, 0.5) is 0 Å². The number of carboxylic acid groups (broad SMARTS) is 1. The number of carbonyl (C=O) groups is 1. The highest BCUT2D eigenvalue weighted by molar-refractivity contribution is 7.27. The maximum absolute atomic E-state index is 12.1. The number of benzene rings is 1. The van der Waals surface area contributed by atoms with E-state index in [4.69, 9.17) is 5.11 Å². The van der Waals surface area contributed by atoms with Gasteiger partial charge in [-0.1, -0.05) is 37.3 Å². The molecular formula is C15H13NO3S2. The fraction of sp³-hybridized carbons (Fsp3) is 0.200. The lowest BCUT2D eigenvalue weighted by molar-refractivity contribution is 0.0702. The second kappa shape index (κ2) is 5.13. The van der Waals surface area contributed by atoms with Crippen molar-refractivity contribution >= 4 is 38.2 Å². The first-order valence-electron chi connectivity index (χ1n) is 6.46. The molecule has 0 amide bonds. The van der Waals surface area contributed by atoms with Crippen molar-refractivity contribution in [2.24, 2.45) is 0 Å². The fourth-order valence-electron chi connectivity index (χ4n) is 2.15. The van der Waals surface area contributed by atoms with Crippen LogP contribution in [0.1, 0.15) is 35.0 Å². The van der Waals surface area contributed by atoms with Gasteiger partial charge in [0.25, 0.3) is 0 Å². The van der Waals surface area contributed by atoms with Gasteiger partial charge in [-0.15, -0.1) is 11.3 Å². The Labute approximate surface area is 128 Å². The van der Waals surface area contributed by atoms with Gasteiger partial charge in [0.15, 0.2) is 0 Å². The molecule has 2 heterocycles. The predicted octanol–water partition coefficient (Wildman–Crippen LogP) is 3.94. The molecule has 0 aliphatic heterocycles.